The number of nitrogens with zero attached hydrogens (tertiary/aromatic N) is 7. The van der Waals surface area contributed by atoms with Crippen molar-refractivity contribution in [2.24, 2.45) is 0 Å². The normalized spacial score (nSPS) is 19.0. The second-order valence-corrected chi connectivity index (χ2v) is 10.3. The van der Waals surface area contributed by atoms with Crippen molar-refractivity contribution in [1.29, 1.82) is 0 Å². The largest absolute Gasteiger partial charge is 0.356 e. The maximum atomic E-state index is 13.0. The number of likely N-dealkylation sites (N-methyl/N-ethyl adjacent to an activating group) is 1. The molecule has 10 nitrogen and oxygen atoms in total. The Morgan fingerprint density at radius 2 is 1.53 bits per heavy atom. The van der Waals surface area contributed by atoms with Crippen LogP contribution in [0.25, 0.3) is 11.0 Å². The van der Waals surface area contributed by atoms with E-state index in [4.69, 9.17) is 4.52 Å². The van der Waals surface area contributed by atoms with Crippen molar-refractivity contribution >= 4 is 32.6 Å². The molecule has 0 N–H and O–H groups in total. The minimum absolute atomic E-state index is 0.162. The van der Waals surface area contributed by atoms with E-state index in [0.29, 0.717) is 37.5 Å². The smallest absolute Gasteiger partial charge is 0.220 e. The number of para-hydroxylation sites is 1. The van der Waals surface area contributed by atoms with Crippen LogP contribution in [0.4, 0.5) is 11.6 Å². The Labute approximate surface area is 187 Å². The fourth-order valence-electron chi connectivity index (χ4n) is 4.22. The SMILES string of the molecule is CN1CCN(c2cc(N3CCN(S(=O)(=O)Cc4noc5ccccc45)CC3)ncn2)CC1. The summed E-state index contributed by atoms with van der Waals surface area (Å²) in [6.07, 6.45) is 1.60. The lowest BCUT2D eigenvalue weighted by molar-refractivity contribution is 0.312. The van der Waals surface area contributed by atoms with E-state index in [1.54, 1.807) is 12.4 Å². The Morgan fingerprint density at radius 3 is 2.22 bits per heavy atom. The number of aromatic nitrogens is 3. The van der Waals surface area contributed by atoms with Crippen molar-refractivity contribution in [1.82, 2.24) is 24.3 Å². The van der Waals surface area contributed by atoms with Gasteiger partial charge in [-0.3, -0.25) is 0 Å². The standard InChI is InChI=1S/C21H27N7O3S/c1-25-6-8-26(9-7-25)20-14-21(23-16-22-20)27-10-12-28(13-11-27)32(29,30)15-18-17-4-2-3-5-19(17)31-24-18/h2-5,14,16H,6-13,15H2,1H3. The van der Waals surface area contributed by atoms with E-state index < -0.39 is 10.0 Å². The van der Waals surface area contributed by atoms with Gasteiger partial charge >= 0.3 is 0 Å². The van der Waals surface area contributed by atoms with Gasteiger partial charge in [0.05, 0.1) is 0 Å². The van der Waals surface area contributed by atoms with E-state index in [-0.39, 0.29) is 5.75 Å². The molecule has 0 atom stereocenters. The Morgan fingerprint density at radius 1 is 0.906 bits per heavy atom. The van der Waals surface area contributed by atoms with Crippen LogP contribution in [0.2, 0.25) is 0 Å². The molecule has 2 aliphatic rings. The minimum atomic E-state index is -3.50. The predicted molar refractivity (Wildman–Crippen MR) is 122 cm³/mol. The molecule has 4 heterocycles. The molecule has 0 bridgehead atoms. The van der Waals surface area contributed by atoms with E-state index in [2.05, 4.69) is 36.9 Å². The number of hydrogen-bond acceptors (Lipinski definition) is 9. The molecule has 2 saturated heterocycles. The van der Waals surface area contributed by atoms with Crippen LogP contribution in [0, 0.1) is 0 Å². The molecule has 2 aromatic heterocycles. The van der Waals surface area contributed by atoms with Crippen LogP contribution in [0.5, 0.6) is 0 Å². The van der Waals surface area contributed by atoms with Gasteiger partial charge in [-0.2, -0.15) is 4.31 Å². The van der Waals surface area contributed by atoms with Crippen LogP contribution < -0.4 is 9.80 Å². The molecule has 5 rings (SSSR count). The first-order chi connectivity index (χ1) is 15.5. The summed E-state index contributed by atoms with van der Waals surface area (Å²) in [6, 6.07) is 9.33. The summed E-state index contributed by atoms with van der Waals surface area (Å²) in [4.78, 5) is 15.6. The lowest BCUT2D eigenvalue weighted by atomic mass is 10.2. The maximum absolute atomic E-state index is 13.0. The van der Waals surface area contributed by atoms with Crippen LogP contribution in [0.15, 0.2) is 41.2 Å². The predicted octanol–water partition coefficient (Wildman–Crippen LogP) is 1.02. The van der Waals surface area contributed by atoms with Crippen LogP contribution in [-0.4, -0.2) is 92.2 Å². The Bertz CT molecular complexity index is 1180. The molecule has 0 amide bonds. The molecule has 0 radical (unpaired) electrons. The van der Waals surface area contributed by atoms with Gasteiger partial charge in [-0.05, 0) is 19.2 Å². The van der Waals surface area contributed by atoms with Gasteiger partial charge in [0.1, 0.15) is 29.4 Å². The van der Waals surface area contributed by atoms with Crippen molar-refractivity contribution < 1.29 is 12.9 Å². The summed E-state index contributed by atoms with van der Waals surface area (Å²) in [5.74, 6) is 1.61. The van der Waals surface area contributed by atoms with E-state index in [1.807, 2.05) is 24.3 Å². The molecule has 170 valence electrons. The number of piperazine rings is 2. The Kier molecular flexibility index (Phi) is 5.70. The highest BCUT2D eigenvalue weighted by Gasteiger charge is 2.29. The third kappa shape index (κ3) is 4.27. The van der Waals surface area contributed by atoms with Gasteiger partial charge in [-0.1, -0.05) is 17.3 Å². The van der Waals surface area contributed by atoms with Crippen molar-refractivity contribution in [3.63, 3.8) is 0 Å². The van der Waals surface area contributed by atoms with Crippen LogP contribution >= 0.6 is 0 Å². The molecule has 11 heteroatoms. The van der Waals surface area contributed by atoms with Gasteiger partial charge < -0.3 is 19.2 Å². The molecule has 0 aliphatic carbocycles. The quantitative estimate of drug-likeness (QED) is 0.556. The number of fused-ring (bicyclic) bond motifs is 1. The second kappa shape index (κ2) is 8.64. The molecule has 2 fully saturated rings. The topological polar surface area (TPSA) is 98.9 Å². The van der Waals surface area contributed by atoms with Crippen molar-refractivity contribution in [2.75, 3.05) is 69.2 Å². The van der Waals surface area contributed by atoms with Gasteiger partial charge in [-0.15, -0.1) is 0 Å². The molecule has 0 unspecified atom stereocenters. The fourth-order valence-corrected chi connectivity index (χ4v) is 5.68. The average Bonchev–Trinajstić information content (AvgIpc) is 3.22. The lowest BCUT2D eigenvalue weighted by Crippen LogP contribution is -2.49. The summed E-state index contributed by atoms with van der Waals surface area (Å²) in [5, 5.41) is 4.72. The fraction of sp³-hybridized carbons (Fsp3) is 0.476. The maximum Gasteiger partial charge on any atom is 0.220 e. The number of benzene rings is 1. The first-order valence-electron chi connectivity index (χ1n) is 10.8. The highest BCUT2D eigenvalue weighted by molar-refractivity contribution is 7.88. The van der Waals surface area contributed by atoms with Crippen LogP contribution in [0.3, 0.4) is 0 Å². The van der Waals surface area contributed by atoms with Gasteiger partial charge in [0.15, 0.2) is 5.58 Å². The summed E-state index contributed by atoms with van der Waals surface area (Å²) in [5.41, 5.74) is 1.05. The number of anilines is 2. The second-order valence-electron chi connectivity index (χ2n) is 8.29. The Hall–Kier alpha value is -2.76. The molecular weight excluding hydrogens is 430 g/mol. The number of hydrogen-bond donors (Lipinski definition) is 0. The summed E-state index contributed by atoms with van der Waals surface area (Å²) >= 11 is 0. The number of rotatable bonds is 5. The first-order valence-corrected chi connectivity index (χ1v) is 12.4. The molecular formula is C21H27N7O3S. The summed E-state index contributed by atoms with van der Waals surface area (Å²) in [7, 11) is -1.37. The zero-order valence-corrected chi connectivity index (χ0v) is 18.9. The summed E-state index contributed by atoms with van der Waals surface area (Å²) in [6.45, 7) is 5.88. The lowest BCUT2D eigenvalue weighted by Gasteiger charge is -2.36. The Balaban J connectivity index is 1.23. The van der Waals surface area contributed by atoms with Crippen LogP contribution in [0.1, 0.15) is 5.69 Å². The van der Waals surface area contributed by atoms with Crippen molar-refractivity contribution in [3.8, 4) is 0 Å². The van der Waals surface area contributed by atoms with Gasteiger partial charge in [0, 0.05) is 63.8 Å². The van der Waals surface area contributed by atoms with E-state index in [0.717, 1.165) is 43.2 Å². The first kappa shape index (κ1) is 21.1. The molecule has 2 aliphatic heterocycles. The highest BCUT2D eigenvalue weighted by atomic mass is 32.2. The average molecular weight is 458 g/mol. The third-order valence-electron chi connectivity index (χ3n) is 6.19. The molecule has 1 aromatic carbocycles. The molecule has 32 heavy (non-hydrogen) atoms. The molecule has 3 aromatic rings. The zero-order valence-electron chi connectivity index (χ0n) is 18.1. The molecule has 0 saturated carbocycles. The van der Waals surface area contributed by atoms with E-state index >= 15 is 0 Å². The van der Waals surface area contributed by atoms with Crippen molar-refractivity contribution in [2.45, 2.75) is 5.75 Å². The number of sulfonamides is 1. The minimum Gasteiger partial charge on any atom is -0.356 e. The summed E-state index contributed by atoms with van der Waals surface area (Å²) < 4.78 is 32.8. The third-order valence-corrected chi connectivity index (χ3v) is 7.98. The highest BCUT2D eigenvalue weighted by Crippen LogP contribution is 2.24. The van der Waals surface area contributed by atoms with E-state index in [1.165, 1.54) is 4.31 Å². The van der Waals surface area contributed by atoms with Crippen LogP contribution in [-0.2, 0) is 15.8 Å². The molecule has 0 spiro atoms. The van der Waals surface area contributed by atoms with Gasteiger partial charge in [0.25, 0.3) is 0 Å². The van der Waals surface area contributed by atoms with Gasteiger partial charge in [-0.25, -0.2) is 18.4 Å². The monoisotopic (exact) mass is 457 g/mol. The van der Waals surface area contributed by atoms with E-state index in [9.17, 15) is 8.42 Å². The van der Waals surface area contributed by atoms with Crippen molar-refractivity contribution in [3.05, 3.63) is 42.4 Å². The zero-order chi connectivity index (χ0) is 22.1. The van der Waals surface area contributed by atoms with Gasteiger partial charge in [0.2, 0.25) is 10.0 Å².